The minimum Gasteiger partial charge on any atom is -0.322 e. The van der Waals surface area contributed by atoms with Gasteiger partial charge in [0.1, 0.15) is 5.82 Å². The molecule has 1 aromatic heterocycles. The summed E-state index contributed by atoms with van der Waals surface area (Å²) in [5.74, 6) is -0.371. The summed E-state index contributed by atoms with van der Waals surface area (Å²) in [6.45, 7) is 1.57. The zero-order valence-electron chi connectivity index (χ0n) is 14.9. The molecule has 0 bridgehead atoms. The summed E-state index contributed by atoms with van der Waals surface area (Å²) >= 11 is 0. The van der Waals surface area contributed by atoms with Crippen LogP contribution in [0.2, 0.25) is 0 Å². The van der Waals surface area contributed by atoms with Crippen molar-refractivity contribution >= 4 is 29.0 Å². The molecule has 1 heterocycles. The van der Waals surface area contributed by atoms with Gasteiger partial charge >= 0.3 is 0 Å². The summed E-state index contributed by atoms with van der Waals surface area (Å²) in [7, 11) is 0. The monoisotopic (exact) mass is 376 g/mol. The van der Waals surface area contributed by atoms with Crippen LogP contribution in [0.4, 0.5) is 17.2 Å². The molecule has 28 heavy (non-hydrogen) atoms. The van der Waals surface area contributed by atoms with Crippen molar-refractivity contribution in [2.24, 2.45) is 0 Å². The molecule has 0 aliphatic heterocycles. The summed E-state index contributed by atoms with van der Waals surface area (Å²) in [6.07, 6.45) is 1.57. The number of nitro benzene ring substituents is 1. The number of aryl methyl sites for hydroxylation is 1. The lowest BCUT2D eigenvalue weighted by atomic mass is 10.1. The number of amides is 2. The molecule has 0 aliphatic carbocycles. The largest absolute Gasteiger partial charge is 0.322 e. The second-order valence-corrected chi connectivity index (χ2v) is 5.96. The molecule has 3 aromatic rings. The number of carbonyl (C=O) groups excluding carboxylic acids is 2. The highest BCUT2D eigenvalue weighted by molar-refractivity contribution is 6.07. The van der Waals surface area contributed by atoms with E-state index in [0.717, 1.165) is 0 Å². The molecule has 0 saturated carbocycles. The van der Waals surface area contributed by atoms with Crippen LogP contribution in [0.1, 0.15) is 26.3 Å². The first-order valence-electron chi connectivity index (χ1n) is 8.33. The average Bonchev–Trinajstić information content (AvgIpc) is 2.68. The fourth-order valence-corrected chi connectivity index (χ4v) is 2.57. The van der Waals surface area contributed by atoms with Crippen molar-refractivity contribution in [3.8, 4) is 0 Å². The van der Waals surface area contributed by atoms with Gasteiger partial charge in [-0.05, 0) is 49.4 Å². The van der Waals surface area contributed by atoms with Gasteiger partial charge in [0.15, 0.2) is 0 Å². The van der Waals surface area contributed by atoms with Crippen molar-refractivity contribution < 1.29 is 14.5 Å². The second kappa shape index (κ2) is 8.09. The number of benzene rings is 2. The lowest BCUT2D eigenvalue weighted by Gasteiger charge is -2.09. The Balaban J connectivity index is 1.73. The smallest absolute Gasteiger partial charge is 0.272 e. The van der Waals surface area contributed by atoms with Crippen LogP contribution in [-0.2, 0) is 0 Å². The van der Waals surface area contributed by atoms with Gasteiger partial charge < -0.3 is 10.6 Å². The maximum atomic E-state index is 12.4. The lowest BCUT2D eigenvalue weighted by molar-refractivity contribution is -0.385. The van der Waals surface area contributed by atoms with Crippen molar-refractivity contribution in [3.05, 3.63) is 93.7 Å². The maximum absolute atomic E-state index is 12.4. The van der Waals surface area contributed by atoms with Gasteiger partial charge in [0.05, 0.1) is 4.92 Å². The van der Waals surface area contributed by atoms with Crippen molar-refractivity contribution in [3.63, 3.8) is 0 Å². The first-order chi connectivity index (χ1) is 13.4. The third-order valence-electron chi connectivity index (χ3n) is 3.94. The quantitative estimate of drug-likeness (QED) is 0.519. The van der Waals surface area contributed by atoms with Crippen LogP contribution in [0.15, 0.2) is 66.9 Å². The standard InChI is InChI=1S/C20H16N4O4/c1-13-11-15(8-9-17(13)24(27)28)19(25)22-16-6-4-5-14(12-16)20(26)23-18-7-2-3-10-21-18/h2-12H,1H3,(H,22,25)(H,21,23,26). The van der Waals surface area contributed by atoms with Crippen LogP contribution < -0.4 is 10.6 Å². The summed E-state index contributed by atoms with van der Waals surface area (Å²) in [5.41, 5.74) is 1.40. The first kappa shape index (κ1) is 18.7. The predicted octanol–water partition coefficient (Wildman–Crippen LogP) is 3.80. The molecule has 8 heteroatoms. The Hall–Kier alpha value is -4.07. The van der Waals surface area contributed by atoms with Gasteiger partial charge in [-0.15, -0.1) is 0 Å². The van der Waals surface area contributed by atoms with Crippen molar-refractivity contribution in [2.75, 3.05) is 10.6 Å². The number of nitrogens with zero attached hydrogens (tertiary/aromatic N) is 2. The molecule has 0 unspecified atom stereocenters. The lowest BCUT2D eigenvalue weighted by Crippen LogP contribution is -2.15. The van der Waals surface area contributed by atoms with E-state index < -0.39 is 10.8 Å². The van der Waals surface area contributed by atoms with Crippen LogP contribution in [0, 0.1) is 17.0 Å². The number of nitro groups is 1. The molecule has 0 saturated heterocycles. The maximum Gasteiger partial charge on any atom is 0.272 e. The van der Waals surface area contributed by atoms with E-state index in [1.807, 2.05) is 0 Å². The SMILES string of the molecule is Cc1cc(C(=O)Nc2cccc(C(=O)Nc3ccccn3)c2)ccc1[N+](=O)[O-]. The number of carbonyl (C=O) groups is 2. The van der Waals surface area contributed by atoms with E-state index in [9.17, 15) is 19.7 Å². The molecule has 0 spiro atoms. The fourth-order valence-electron chi connectivity index (χ4n) is 2.57. The van der Waals surface area contributed by atoms with Crippen LogP contribution >= 0.6 is 0 Å². The van der Waals surface area contributed by atoms with Gasteiger partial charge in [-0.25, -0.2) is 4.98 Å². The van der Waals surface area contributed by atoms with E-state index in [4.69, 9.17) is 0 Å². The number of rotatable bonds is 5. The molecular formula is C20H16N4O4. The van der Waals surface area contributed by atoms with Gasteiger partial charge in [-0.1, -0.05) is 12.1 Å². The van der Waals surface area contributed by atoms with E-state index in [-0.39, 0.29) is 17.2 Å². The van der Waals surface area contributed by atoms with Gasteiger partial charge in [0.25, 0.3) is 17.5 Å². The van der Waals surface area contributed by atoms with E-state index in [1.54, 1.807) is 49.5 Å². The topological polar surface area (TPSA) is 114 Å². The Morgan fingerprint density at radius 3 is 2.36 bits per heavy atom. The molecule has 3 rings (SSSR count). The van der Waals surface area contributed by atoms with Crippen molar-refractivity contribution in [2.45, 2.75) is 6.92 Å². The molecule has 0 atom stereocenters. The summed E-state index contributed by atoms with van der Waals surface area (Å²) in [4.78, 5) is 39.2. The summed E-state index contributed by atoms with van der Waals surface area (Å²) < 4.78 is 0. The Kier molecular flexibility index (Phi) is 5.40. The molecule has 0 fully saturated rings. The van der Waals surface area contributed by atoms with E-state index in [0.29, 0.717) is 22.6 Å². The van der Waals surface area contributed by atoms with Crippen LogP contribution in [0.3, 0.4) is 0 Å². The van der Waals surface area contributed by atoms with E-state index in [2.05, 4.69) is 15.6 Å². The molecule has 2 aromatic carbocycles. The number of anilines is 2. The minimum absolute atomic E-state index is 0.0512. The van der Waals surface area contributed by atoms with Crippen molar-refractivity contribution in [1.82, 2.24) is 4.98 Å². The minimum atomic E-state index is -0.499. The number of hydrogen-bond donors (Lipinski definition) is 2. The normalized spacial score (nSPS) is 10.2. The highest BCUT2D eigenvalue weighted by Crippen LogP contribution is 2.20. The second-order valence-electron chi connectivity index (χ2n) is 5.96. The Morgan fingerprint density at radius 1 is 0.929 bits per heavy atom. The fraction of sp³-hybridized carbons (Fsp3) is 0.0500. The number of aromatic nitrogens is 1. The molecule has 2 amide bonds. The zero-order chi connectivity index (χ0) is 20.1. The van der Waals surface area contributed by atoms with E-state index in [1.165, 1.54) is 24.3 Å². The number of pyridine rings is 1. The summed E-state index contributed by atoms with van der Waals surface area (Å²) in [5, 5.41) is 16.2. The highest BCUT2D eigenvalue weighted by Gasteiger charge is 2.14. The van der Waals surface area contributed by atoms with Crippen LogP contribution in [0.25, 0.3) is 0 Å². The van der Waals surface area contributed by atoms with Gasteiger partial charge in [0, 0.05) is 34.6 Å². The zero-order valence-corrected chi connectivity index (χ0v) is 14.9. The molecule has 8 nitrogen and oxygen atoms in total. The van der Waals surface area contributed by atoms with Gasteiger partial charge in [-0.2, -0.15) is 0 Å². The summed E-state index contributed by atoms with van der Waals surface area (Å²) in [6, 6.07) is 15.7. The molecule has 0 aliphatic rings. The van der Waals surface area contributed by atoms with Crippen LogP contribution in [-0.4, -0.2) is 21.7 Å². The molecule has 0 radical (unpaired) electrons. The Labute approximate surface area is 160 Å². The average molecular weight is 376 g/mol. The van der Waals surface area contributed by atoms with Gasteiger partial charge in [-0.3, -0.25) is 19.7 Å². The third-order valence-corrected chi connectivity index (χ3v) is 3.94. The number of nitrogens with one attached hydrogen (secondary N) is 2. The van der Waals surface area contributed by atoms with E-state index >= 15 is 0 Å². The van der Waals surface area contributed by atoms with Crippen LogP contribution in [0.5, 0.6) is 0 Å². The van der Waals surface area contributed by atoms with Gasteiger partial charge in [0.2, 0.25) is 0 Å². The first-order valence-corrected chi connectivity index (χ1v) is 8.33. The highest BCUT2D eigenvalue weighted by atomic mass is 16.6. The molecular weight excluding hydrogens is 360 g/mol. The van der Waals surface area contributed by atoms with Crippen molar-refractivity contribution in [1.29, 1.82) is 0 Å². The molecule has 140 valence electrons. The third kappa shape index (κ3) is 4.36. The Bertz CT molecular complexity index is 1050. The predicted molar refractivity (Wildman–Crippen MR) is 104 cm³/mol. The molecule has 2 N–H and O–H groups in total. The number of hydrogen-bond acceptors (Lipinski definition) is 5. The Morgan fingerprint density at radius 2 is 1.68 bits per heavy atom.